The van der Waals surface area contributed by atoms with Gasteiger partial charge < -0.3 is 10.1 Å². The standard InChI is InChI=1S/C18H17N5O2/c1-11-3-4-12(9-16(11)25-2)17-19-6-5-13(21-17)14-10-15-18(24)20-7-8-23(15)22-14/h3-6,9-10H,7-8H2,1-2H3,(H,20,24). The summed E-state index contributed by atoms with van der Waals surface area (Å²) in [5.74, 6) is 1.27. The Morgan fingerprint density at radius 2 is 2.08 bits per heavy atom. The highest BCUT2D eigenvalue weighted by atomic mass is 16.5. The third-order valence-corrected chi connectivity index (χ3v) is 4.21. The summed E-state index contributed by atoms with van der Waals surface area (Å²) in [6.07, 6.45) is 1.70. The van der Waals surface area contributed by atoms with E-state index in [1.807, 2.05) is 25.1 Å². The van der Waals surface area contributed by atoms with Crippen molar-refractivity contribution in [3.8, 4) is 28.5 Å². The molecule has 3 aromatic rings. The fraction of sp³-hybridized carbons (Fsp3) is 0.222. The fourth-order valence-electron chi connectivity index (χ4n) is 2.86. The molecule has 0 fully saturated rings. The average Bonchev–Trinajstić information content (AvgIpc) is 3.08. The van der Waals surface area contributed by atoms with Gasteiger partial charge in [0.1, 0.15) is 17.1 Å². The number of carbonyl (C=O) groups excluding carboxylic acids is 1. The molecule has 126 valence electrons. The van der Waals surface area contributed by atoms with Crippen LogP contribution in [0.3, 0.4) is 0 Å². The van der Waals surface area contributed by atoms with E-state index in [1.54, 1.807) is 30.1 Å². The van der Waals surface area contributed by atoms with Gasteiger partial charge in [-0.3, -0.25) is 9.48 Å². The van der Waals surface area contributed by atoms with Gasteiger partial charge in [-0.25, -0.2) is 9.97 Å². The van der Waals surface area contributed by atoms with Crippen LogP contribution in [-0.2, 0) is 6.54 Å². The quantitative estimate of drug-likeness (QED) is 0.792. The lowest BCUT2D eigenvalue weighted by atomic mass is 10.1. The largest absolute Gasteiger partial charge is 0.496 e. The minimum absolute atomic E-state index is 0.109. The monoisotopic (exact) mass is 335 g/mol. The number of fused-ring (bicyclic) bond motifs is 1. The summed E-state index contributed by atoms with van der Waals surface area (Å²) in [6.45, 7) is 3.24. The molecular weight excluding hydrogens is 318 g/mol. The van der Waals surface area contributed by atoms with Crippen LogP contribution in [-0.4, -0.2) is 39.3 Å². The highest BCUT2D eigenvalue weighted by molar-refractivity contribution is 5.94. The molecule has 4 rings (SSSR count). The Morgan fingerprint density at radius 3 is 2.88 bits per heavy atom. The number of hydrogen-bond acceptors (Lipinski definition) is 5. The van der Waals surface area contributed by atoms with Gasteiger partial charge in [0.25, 0.3) is 5.91 Å². The number of ether oxygens (including phenoxy) is 1. The Morgan fingerprint density at radius 1 is 1.20 bits per heavy atom. The van der Waals surface area contributed by atoms with E-state index in [9.17, 15) is 4.79 Å². The van der Waals surface area contributed by atoms with Crippen LogP contribution < -0.4 is 10.1 Å². The minimum atomic E-state index is -0.109. The normalized spacial score (nSPS) is 13.3. The van der Waals surface area contributed by atoms with Crippen molar-refractivity contribution in [2.75, 3.05) is 13.7 Å². The van der Waals surface area contributed by atoms with E-state index in [2.05, 4.69) is 20.4 Å². The lowest BCUT2D eigenvalue weighted by molar-refractivity contribution is 0.0924. The molecule has 1 aromatic carbocycles. The first-order valence-corrected chi connectivity index (χ1v) is 8.00. The van der Waals surface area contributed by atoms with Gasteiger partial charge in [0.05, 0.1) is 19.3 Å². The highest BCUT2D eigenvalue weighted by Gasteiger charge is 2.20. The molecule has 1 N–H and O–H groups in total. The summed E-state index contributed by atoms with van der Waals surface area (Å²) in [5, 5.41) is 7.31. The molecule has 0 saturated heterocycles. The molecule has 0 spiro atoms. The van der Waals surface area contributed by atoms with Gasteiger partial charge >= 0.3 is 0 Å². The van der Waals surface area contributed by atoms with Crippen molar-refractivity contribution < 1.29 is 9.53 Å². The molecule has 1 amide bonds. The molecule has 1 aliphatic rings. The zero-order valence-corrected chi connectivity index (χ0v) is 14.0. The topological polar surface area (TPSA) is 81.9 Å². The molecule has 0 radical (unpaired) electrons. The fourth-order valence-corrected chi connectivity index (χ4v) is 2.86. The lowest BCUT2D eigenvalue weighted by Crippen LogP contribution is -2.35. The van der Waals surface area contributed by atoms with Crippen molar-refractivity contribution in [1.82, 2.24) is 25.1 Å². The Labute approximate surface area is 144 Å². The zero-order chi connectivity index (χ0) is 17.4. The molecule has 0 unspecified atom stereocenters. The number of aryl methyl sites for hydroxylation is 1. The van der Waals surface area contributed by atoms with Gasteiger partial charge in [-0.15, -0.1) is 0 Å². The second kappa shape index (κ2) is 6.01. The number of nitrogens with one attached hydrogen (secondary N) is 1. The van der Waals surface area contributed by atoms with Crippen molar-refractivity contribution >= 4 is 5.91 Å². The van der Waals surface area contributed by atoms with Crippen LogP contribution in [0, 0.1) is 6.92 Å². The predicted octanol–water partition coefficient (Wildman–Crippen LogP) is 2.07. The number of amides is 1. The van der Waals surface area contributed by atoms with Gasteiger partial charge in [-0.05, 0) is 30.7 Å². The van der Waals surface area contributed by atoms with Crippen molar-refractivity contribution in [2.45, 2.75) is 13.5 Å². The van der Waals surface area contributed by atoms with Crippen LogP contribution in [0.1, 0.15) is 16.1 Å². The molecule has 1 aliphatic heterocycles. The number of carbonyl (C=O) groups is 1. The van der Waals surface area contributed by atoms with E-state index in [-0.39, 0.29) is 5.91 Å². The molecular formula is C18H17N5O2. The average molecular weight is 335 g/mol. The first-order valence-electron chi connectivity index (χ1n) is 8.00. The van der Waals surface area contributed by atoms with Crippen LogP contribution in [0.5, 0.6) is 5.75 Å². The van der Waals surface area contributed by atoms with Crippen LogP contribution in [0.15, 0.2) is 36.5 Å². The van der Waals surface area contributed by atoms with E-state index < -0.39 is 0 Å². The maximum Gasteiger partial charge on any atom is 0.269 e. The summed E-state index contributed by atoms with van der Waals surface area (Å²) in [6, 6.07) is 9.41. The third-order valence-electron chi connectivity index (χ3n) is 4.21. The molecule has 2 aromatic heterocycles. The number of benzene rings is 1. The van der Waals surface area contributed by atoms with Crippen LogP contribution in [0.25, 0.3) is 22.8 Å². The first kappa shape index (κ1) is 15.3. The Hall–Kier alpha value is -3.22. The van der Waals surface area contributed by atoms with Crippen molar-refractivity contribution in [3.63, 3.8) is 0 Å². The van der Waals surface area contributed by atoms with Gasteiger partial charge in [-0.1, -0.05) is 12.1 Å². The Kier molecular flexibility index (Phi) is 3.68. The van der Waals surface area contributed by atoms with Gasteiger partial charge in [0.2, 0.25) is 0 Å². The highest BCUT2D eigenvalue weighted by Crippen LogP contribution is 2.26. The van der Waals surface area contributed by atoms with E-state index in [1.165, 1.54) is 0 Å². The lowest BCUT2D eigenvalue weighted by Gasteiger charge is -2.13. The first-order chi connectivity index (χ1) is 12.2. The summed E-state index contributed by atoms with van der Waals surface area (Å²) < 4.78 is 7.09. The Bertz CT molecular complexity index is 964. The van der Waals surface area contributed by atoms with Crippen molar-refractivity contribution in [2.24, 2.45) is 0 Å². The maximum absolute atomic E-state index is 11.9. The molecule has 7 nitrogen and oxygen atoms in total. The molecule has 3 heterocycles. The molecule has 0 aliphatic carbocycles. The summed E-state index contributed by atoms with van der Waals surface area (Å²) in [4.78, 5) is 20.9. The number of rotatable bonds is 3. The molecule has 7 heteroatoms. The van der Waals surface area contributed by atoms with Crippen LogP contribution in [0.2, 0.25) is 0 Å². The van der Waals surface area contributed by atoms with E-state index in [0.717, 1.165) is 16.9 Å². The molecule has 0 bridgehead atoms. The van der Waals surface area contributed by atoms with Gasteiger partial charge in [-0.2, -0.15) is 5.10 Å². The van der Waals surface area contributed by atoms with E-state index >= 15 is 0 Å². The second-order valence-corrected chi connectivity index (χ2v) is 5.84. The van der Waals surface area contributed by atoms with Crippen molar-refractivity contribution in [1.29, 1.82) is 0 Å². The zero-order valence-electron chi connectivity index (χ0n) is 14.0. The number of methoxy groups -OCH3 is 1. The smallest absolute Gasteiger partial charge is 0.269 e. The summed E-state index contributed by atoms with van der Waals surface area (Å²) in [5.41, 5.74) is 3.81. The third kappa shape index (κ3) is 2.73. The molecule has 0 atom stereocenters. The second-order valence-electron chi connectivity index (χ2n) is 5.84. The maximum atomic E-state index is 11.9. The number of hydrogen-bond donors (Lipinski definition) is 1. The molecule has 0 saturated carbocycles. The van der Waals surface area contributed by atoms with Gasteiger partial charge in [0.15, 0.2) is 5.82 Å². The Balaban J connectivity index is 1.74. The van der Waals surface area contributed by atoms with Crippen LogP contribution in [0.4, 0.5) is 0 Å². The SMILES string of the molecule is COc1cc(-c2nccc(-c3cc4n(n3)CCNC4=O)n2)ccc1C. The number of nitrogens with zero attached hydrogens (tertiary/aromatic N) is 4. The van der Waals surface area contributed by atoms with Crippen LogP contribution >= 0.6 is 0 Å². The van der Waals surface area contributed by atoms with E-state index in [4.69, 9.17) is 4.74 Å². The van der Waals surface area contributed by atoms with Crippen molar-refractivity contribution in [3.05, 3.63) is 47.8 Å². The number of aromatic nitrogens is 4. The summed E-state index contributed by atoms with van der Waals surface area (Å²) in [7, 11) is 1.64. The predicted molar refractivity (Wildman–Crippen MR) is 92.3 cm³/mol. The summed E-state index contributed by atoms with van der Waals surface area (Å²) >= 11 is 0. The van der Waals surface area contributed by atoms with E-state index in [0.29, 0.717) is 36.0 Å². The molecule has 25 heavy (non-hydrogen) atoms. The van der Waals surface area contributed by atoms with Gasteiger partial charge in [0, 0.05) is 18.3 Å². The minimum Gasteiger partial charge on any atom is -0.496 e.